The van der Waals surface area contributed by atoms with E-state index in [0.29, 0.717) is 0 Å². The fourth-order valence-corrected chi connectivity index (χ4v) is 3.04. The molecule has 2 heteroatoms. The first-order chi connectivity index (χ1) is 7.89. The lowest BCUT2D eigenvalue weighted by Gasteiger charge is -2.22. The zero-order chi connectivity index (χ0) is 12.6. The smallest absolute Gasteiger partial charge is 0.123 e. The van der Waals surface area contributed by atoms with Crippen molar-refractivity contribution < 1.29 is 0 Å². The van der Waals surface area contributed by atoms with E-state index in [-0.39, 0.29) is 5.41 Å². The third-order valence-electron chi connectivity index (χ3n) is 2.99. The van der Waals surface area contributed by atoms with Gasteiger partial charge >= 0.3 is 0 Å². The van der Waals surface area contributed by atoms with E-state index in [0.717, 1.165) is 10.7 Å². The predicted octanol–water partition coefficient (Wildman–Crippen LogP) is 4.72. The molecule has 0 atom stereocenters. The van der Waals surface area contributed by atoms with Crippen molar-refractivity contribution >= 4 is 11.3 Å². The molecule has 0 unspecified atom stereocenters. The summed E-state index contributed by atoms with van der Waals surface area (Å²) in [6.45, 7) is 11.0. The number of aryl methyl sites for hydroxylation is 1. The Kier molecular flexibility index (Phi) is 3.09. The van der Waals surface area contributed by atoms with Crippen LogP contribution in [0, 0.1) is 13.8 Å². The standard InChI is InChI=1S/C15H19NS/c1-10-9-17-14(16-10)12-7-6-8-13(11(12)2)15(3,4)5/h6-9H,1-5H3. The van der Waals surface area contributed by atoms with Crippen LogP contribution in [0.2, 0.25) is 0 Å². The summed E-state index contributed by atoms with van der Waals surface area (Å²) in [5.41, 5.74) is 5.32. The average Bonchev–Trinajstić information content (AvgIpc) is 2.63. The van der Waals surface area contributed by atoms with Gasteiger partial charge < -0.3 is 0 Å². The van der Waals surface area contributed by atoms with E-state index < -0.39 is 0 Å². The van der Waals surface area contributed by atoms with E-state index in [4.69, 9.17) is 0 Å². The molecule has 0 bridgehead atoms. The van der Waals surface area contributed by atoms with Crippen molar-refractivity contribution in [1.29, 1.82) is 0 Å². The lowest BCUT2D eigenvalue weighted by Crippen LogP contribution is -2.13. The van der Waals surface area contributed by atoms with Crippen LogP contribution in [0.15, 0.2) is 23.6 Å². The van der Waals surface area contributed by atoms with E-state index in [9.17, 15) is 0 Å². The Hall–Kier alpha value is -1.15. The lowest BCUT2D eigenvalue weighted by molar-refractivity contribution is 0.586. The Morgan fingerprint density at radius 2 is 1.82 bits per heavy atom. The summed E-state index contributed by atoms with van der Waals surface area (Å²) in [6.07, 6.45) is 0. The van der Waals surface area contributed by atoms with Crippen LogP contribution in [0.4, 0.5) is 0 Å². The molecule has 17 heavy (non-hydrogen) atoms. The number of hydrogen-bond acceptors (Lipinski definition) is 2. The molecule has 0 spiro atoms. The average molecular weight is 245 g/mol. The van der Waals surface area contributed by atoms with Crippen LogP contribution in [-0.4, -0.2) is 4.98 Å². The molecule has 0 saturated carbocycles. The molecule has 1 aromatic heterocycles. The first kappa shape index (κ1) is 12.3. The zero-order valence-corrected chi connectivity index (χ0v) is 12.0. The number of rotatable bonds is 1. The van der Waals surface area contributed by atoms with Crippen molar-refractivity contribution in [1.82, 2.24) is 4.98 Å². The maximum atomic E-state index is 4.58. The first-order valence-electron chi connectivity index (χ1n) is 5.92. The van der Waals surface area contributed by atoms with Gasteiger partial charge in [0.15, 0.2) is 0 Å². The van der Waals surface area contributed by atoms with Crippen molar-refractivity contribution in [2.75, 3.05) is 0 Å². The van der Waals surface area contributed by atoms with Gasteiger partial charge in [-0.25, -0.2) is 4.98 Å². The molecule has 1 nitrogen and oxygen atoms in total. The van der Waals surface area contributed by atoms with Crippen LogP contribution in [0.5, 0.6) is 0 Å². The van der Waals surface area contributed by atoms with Crippen LogP contribution in [-0.2, 0) is 5.41 Å². The molecule has 0 saturated heterocycles. The highest BCUT2D eigenvalue weighted by molar-refractivity contribution is 7.13. The van der Waals surface area contributed by atoms with Gasteiger partial charge in [-0.1, -0.05) is 39.0 Å². The van der Waals surface area contributed by atoms with Gasteiger partial charge in [-0.3, -0.25) is 0 Å². The molecule has 0 aliphatic heterocycles. The molecular weight excluding hydrogens is 226 g/mol. The van der Waals surface area contributed by atoms with E-state index in [1.54, 1.807) is 11.3 Å². The summed E-state index contributed by atoms with van der Waals surface area (Å²) in [7, 11) is 0. The SMILES string of the molecule is Cc1csc(-c2cccc(C(C)(C)C)c2C)n1. The largest absolute Gasteiger partial charge is 0.241 e. The topological polar surface area (TPSA) is 12.9 Å². The molecule has 0 fully saturated rings. The fraction of sp³-hybridized carbons (Fsp3) is 0.400. The van der Waals surface area contributed by atoms with Crippen molar-refractivity contribution in [2.45, 2.75) is 40.0 Å². The van der Waals surface area contributed by atoms with Crippen molar-refractivity contribution in [3.05, 3.63) is 40.4 Å². The van der Waals surface area contributed by atoms with E-state index in [2.05, 4.69) is 56.3 Å². The van der Waals surface area contributed by atoms with Crippen LogP contribution in [0.1, 0.15) is 37.6 Å². The quantitative estimate of drug-likeness (QED) is 0.708. The molecule has 2 aromatic rings. The normalized spacial score (nSPS) is 11.8. The van der Waals surface area contributed by atoms with Crippen molar-refractivity contribution in [3.8, 4) is 10.6 Å². The molecule has 1 aromatic carbocycles. The fourth-order valence-electron chi connectivity index (χ4n) is 2.16. The molecule has 0 amide bonds. The van der Waals surface area contributed by atoms with Gasteiger partial charge in [0, 0.05) is 16.6 Å². The highest BCUT2D eigenvalue weighted by atomic mass is 32.1. The van der Waals surface area contributed by atoms with E-state index >= 15 is 0 Å². The molecule has 0 N–H and O–H groups in total. The summed E-state index contributed by atoms with van der Waals surface area (Å²) >= 11 is 1.73. The second kappa shape index (κ2) is 4.26. The van der Waals surface area contributed by atoms with Gasteiger partial charge in [0.2, 0.25) is 0 Å². The monoisotopic (exact) mass is 245 g/mol. The Morgan fingerprint density at radius 1 is 1.12 bits per heavy atom. The van der Waals surface area contributed by atoms with E-state index in [1.165, 1.54) is 16.7 Å². The number of hydrogen-bond donors (Lipinski definition) is 0. The summed E-state index contributed by atoms with van der Waals surface area (Å²) in [5, 5.41) is 3.24. The Labute approximate surface area is 108 Å². The number of thiazole rings is 1. The van der Waals surface area contributed by atoms with Gasteiger partial charge in [-0.2, -0.15) is 0 Å². The highest BCUT2D eigenvalue weighted by Gasteiger charge is 2.18. The second-order valence-electron chi connectivity index (χ2n) is 5.52. The molecule has 2 rings (SSSR count). The van der Waals surface area contributed by atoms with Crippen molar-refractivity contribution in [3.63, 3.8) is 0 Å². The summed E-state index contributed by atoms with van der Waals surface area (Å²) in [4.78, 5) is 4.58. The van der Waals surface area contributed by atoms with E-state index in [1.807, 2.05) is 6.92 Å². The van der Waals surface area contributed by atoms with Crippen molar-refractivity contribution in [2.24, 2.45) is 0 Å². The van der Waals surface area contributed by atoms with Gasteiger partial charge in [-0.05, 0) is 30.4 Å². The Balaban J connectivity index is 2.57. The third kappa shape index (κ3) is 2.42. The molecular formula is C15H19NS. The number of aromatic nitrogens is 1. The molecule has 0 radical (unpaired) electrons. The minimum Gasteiger partial charge on any atom is -0.241 e. The first-order valence-corrected chi connectivity index (χ1v) is 6.80. The lowest BCUT2D eigenvalue weighted by atomic mass is 9.83. The van der Waals surface area contributed by atoms with Gasteiger partial charge in [0.1, 0.15) is 5.01 Å². The Bertz CT molecular complexity index is 532. The van der Waals surface area contributed by atoms with Crippen LogP contribution in [0.3, 0.4) is 0 Å². The maximum Gasteiger partial charge on any atom is 0.123 e. The Morgan fingerprint density at radius 3 is 2.35 bits per heavy atom. The summed E-state index contributed by atoms with van der Waals surface area (Å²) < 4.78 is 0. The molecule has 0 aliphatic rings. The van der Waals surface area contributed by atoms with Crippen LogP contribution < -0.4 is 0 Å². The molecule has 0 aliphatic carbocycles. The third-order valence-corrected chi connectivity index (χ3v) is 3.98. The van der Waals surface area contributed by atoms with Gasteiger partial charge in [0.25, 0.3) is 0 Å². The molecule has 1 heterocycles. The van der Waals surface area contributed by atoms with Gasteiger partial charge in [-0.15, -0.1) is 11.3 Å². The minimum absolute atomic E-state index is 0.187. The molecule has 90 valence electrons. The number of benzene rings is 1. The van der Waals surface area contributed by atoms with Gasteiger partial charge in [0.05, 0.1) is 0 Å². The summed E-state index contributed by atoms with van der Waals surface area (Å²) in [6, 6.07) is 6.53. The maximum absolute atomic E-state index is 4.58. The highest BCUT2D eigenvalue weighted by Crippen LogP contribution is 2.33. The second-order valence-corrected chi connectivity index (χ2v) is 6.38. The van der Waals surface area contributed by atoms with Crippen LogP contribution in [0.25, 0.3) is 10.6 Å². The number of nitrogens with zero attached hydrogens (tertiary/aromatic N) is 1. The zero-order valence-electron chi connectivity index (χ0n) is 11.2. The van der Waals surface area contributed by atoms with Crippen LogP contribution >= 0.6 is 11.3 Å². The predicted molar refractivity (Wildman–Crippen MR) is 75.7 cm³/mol. The minimum atomic E-state index is 0.187. The summed E-state index contributed by atoms with van der Waals surface area (Å²) in [5.74, 6) is 0.